The smallest absolute Gasteiger partial charge is 0.358 e. The van der Waals surface area contributed by atoms with Gasteiger partial charge in [-0.15, -0.1) is 0 Å². The van der Waals surface area contributed by atoms with Crippen LogP contribution in [0, 0.1) is 11.6 Å². The van der Waals surface area contributed by atoms with E-state index in [-0.39, 0.29) is 43.2 Å². The average Bonchev–Trinajstić information content (AvgIpc) is 3.08. The van der Waals surface area contributed by atoms with Crippen molar-refractivity contribution >= 4 is 11.9 Å². The number of halogens is 2. The molecule has 1 atom stereocenters. The van der Waals surface area contributed by atoms with Crippen molar-refractivity contribution in [3.05, 3.63) is 53.1 Å². The standard InChI is InChI=1S/C19H22F2N4O3/c1-2-28-19(27)16-10-24-5-6-25(11-17(24)23-16)18(26)9-14(22)8-12-7-13(20)3-4-15(12)21/h3-4,7,10,14H,2,5-6,8-9,11,22H2,1H3/t14-/m1/s1. The normalized spacial score (nSPS) is 14.5. The summed E-state index contributed by atoms with van der Waals surface area (Å²) >= 11 is 0. The Morgan fingerprint density at radius 2 is 2.11 bits per heavy atom. The average molecular weight is 392 g/mol. The number of amides is 1. The lowest BCUT2D eigenvalue weighted by molar-refractivity contribution is -0.133. The van der Waals surface area contributed by atoms with E-state index in [1.54, 1.807) is 18.0 Å². The number of nitrogens with zero attached hydrogens (tertiary/aromatic N) is 3. The number of nitrogens with two attached hydrogens (primary N) is 1. The molecule has 1 aliphatic rings. The van der Waals surface area contributed by atoms with Crippen LogP contribution in [0.4, 0.5) is 8.78 Å². The number of hydrogen-bond donors (Lipinski definition) is 1. The summed E-state index contributed by atoms with van der Waals surface area (Å²) in [6, 6.07) is 2.54. The molecule has 0 spiro atoms. The highest BCUT2D eigenvalue weighted by Crippen LogP contribution is 2.17. The summed E-state index contributed by atoms with van der Waals surface area (Å²) in [6.07, 6.45) is 1.68. The molecular weight excluding hydrogens is 370 g/mol. The van der Waals surface area contributed by atoms with Gasteiger partial charge in [-0.2, -0.15) is 0 Å². The van der Waals surface area contributed by atoms with Gasteiger partial charge < -0.3 is 19.9 Å². The topological polar surface area (TPSA) is 90.5 Å². The van der Waals surface area contributed by atoms with Gasteiger partial charge >= 0.3 is 5.97 Å². The van der Waals surface area contributed by atoms with E-state index < -0.39 is 23.6 Å². The first-order chi connectivity index (χ1) is 13.4. The maximum absolute atomic E-state index is 13.7. The largest absolute Gasteiger partial charge is 0.461 e. The van der Waals surface area contributed by atoms with Gasteiger partial charge in [0.25, 0.3) is 0 Å². The monoisotopic (exact) mass is 392 g/mol. The van der Waals surface area contributed by atoms with Crippen LogP contribution in [0.25, 0.3) is 0 Å². The van der Waals surface area contributed by atoms with E-state index in [1.165, 1.54) is 0 Å². The van der Waals surface area contributed by atoms with Gasteiger partial charge in [-0.3, -0.25) is 4.79 Å². The first-order valence-corrected chi connectivity index (χ1v) is 9.07. The molecule has 2 heterocycles. The Kier molecular flexibility index (Phi) is 6.03. The number of esters is 1. The molecule has 7 nitrogen and oxygen atoms in total. The molecule has 1 aromatic carbocycles. The molecule has 1 amide bonds. The number of carbonyl (C=O) groups is 2. The van der Waals surface area contributed by atoms with Crippen LogP contribution in [0.5, 0.6) is 0 Å². The quantitative estimate of drug-likeness (QED) is 0.755. The number of aromatic nitrogens is 2. The van der Waals surface area contributed by atoms with E-state index in [2.05, 4.69) is 4.98 Å². The fraction of sp³-hybridized carbons (Fsp3) is 0.421. The number of carbonyl (C=O) groups excluding carboxylic acids is 2. The van der Waals surface area contributed by atoms with Crippen molar-refractivity contribution in [1.82, 2.24) is 14.5 Å². The summed E-state index contributed by atoms with van der Waals surface area (Å²) in [5.74, 6) is -1.20. The van der Waals surface area contributed by atoms with E-state index >= 15 is 0 Å². The Balaban J connectivity index is 1.60. The zero-order chi connectivity index (χ0) is 20.3. The second-order valence-corrected chi connectivity index (χ2v) is 6.68. The molecule has 0 fully saturated rings. The summed E-state index contributed by atoms with van der Waals surface area (Å²) in [4.78, 5) is 30.2. The van der Waals surface area contributed by atoms with Gasteiger partial charge in [0.15, 0.2) is 5.69 Å². The molecule has 1 aliphatic heterocycles. The Bertz CT molecular complexity index is 884. The van der Waals surface area contributed by atoms with E-state index in [1.807, 2.05) is 4.57 Å². The van der Waals surface area contributed by atoms with Gasteiger partial charge in [0.05, 0.1) is 13.2 Å². The predicted molar refractivity (Wildman–Crippen MR) is 96.3 cm³/mol. The molecule has 0 saturated carbocycles. The third-order valence-corrected chi connectivity index (χ3v) is 4.57. The lowest BCUT2D eigenvalue weighted by Gasteiger charge is -2.28. The minimum atomic E-state index is -0.638. The summed E-state index contributed by atoms with van der Waals surface area (Å²) in [7, 11) is 0. The van der Waals surface area contributed by atoms with E-state index in [9.17, 15) is 18.4 Å². The fourth-order valence-corrected chi connectivity index (χ4v) is 3.18. The van der Waals surface area contributed by atoms with Crippen LogP contribution in [-0.4, -0.2) is 45.5 Å². The number of rotatable bonds is 6. The summed E-state index contributed by atoms with van der Waals surface area (Å²) in [5, 5.41) is 0. The van der Waals surface area contributed by atoms with Crippen LogP contribution in [-0.2, 0) is 29.0 Å². The fourth-order valence-electron chi connectivity index (χ4n) is 3.18. The number of imidazole rings is 1. The van der Waals surface area contributed by atoms with Crippen LogP contribution in [0.1, 0.15) is 35.2 Å². The molecule has 0 unspecified atom stereocenters. The van der Waals surface area contributed by atoms with Crippen molar-refractivity contribution in [3.8, 4) is 0 Å². The van der Waals surface area contributed by atoms with Crippen molar-refractivity contribution in [3.63, 3.8) is 0 Å². The van der Waals surface area contributed by atoms with Gasteiger partial charge in [0.2, 0.25) is 5.91 Å². The van der Waals surface area contributed by atoms with Crippen molar-refractivity contribution in [2.45, 2.75) is 38.9 Å². The Morgan fingerprint density at radius 3 is 2.86 bits per heavy atom. The number of ether oxygens (including phenoxy) is 1. The Labute approximate surface area is 161 Å². The number of benzene rings is 1. The van der Waals surface area contributed by atoms with Gasteiger partial charge in [0, 0.05) is 31.7 Å². The van der Waals surface area contributed by atoms with Crippen LogP contribution < -0.4 is 5.73 Å². The molecule has 150 valence electrons. The van der Waals surface area contributed by atoms with Crippen molar-refractivity contribution in [1.29, 1.82) is 0 Å². The third kappa shape index (κ3) is 4.53. The second-order valence-electron chi connectivity index (χ2n) is 6.68. The van der Waals surface area contributed by atoms with Crippen LogP contribution in [0.3, 0.4) is 0 Å². The van der Waals surface area contributed by atoms with Crippen molar-refractivity contribution in [2.75, 3.05) is 13.2 Å². The molecule has 0 bridgehead atoms. The van der Waals surface area contributed by atoms with E-state index in [0.29, 0.717) is 18.9 Å². The lowest BCUT2D eigenvalue weighted by atomic mass is 10.0. The minimum Gasteiger partial charge on any atom is -0.461 e. The lowest BCUT2D eigenvalue weighted by Crippen LogP contribution is -2.41. The highest BCUT2D eigenvalue weighted by atomic mass is 19.1. The molecule has 0 saturated heterocycles. The Hall–Kier alpha value is -2.81. The molecule has 1 aromatic heterocycles. The van der Waals surface area contributed by atoms with E-state index in [0.717, 1.165) is 18.2 Å². The van der Waals surface area contributed by atoms with Gasteiger partial charge in [-0.05, 0) is 37.1 Å². The minimum absolute atomic E-state index is 0.00138. The molecule has 2 N–H and O–H groups in total. The SMILES string of the molecule is CCOC(=O)c1cn2c(n1)CN(C(=O)C[C@H](N)Cc1cc(F)ccc1F)CC2. The predicted octanol–water partition coefficient (Wildman–Crippen LogP) is 1.64. The van der Waals surface area contributed by atoms with Crippen LogP contribution in [0.15, 0.2) is 24.4 Å². The molecular formula is C19H22F2N4O3. The first kappa shape index (κ1) is 19.9. The van der Waals surface area contributed by atoms with E-state index in [4.69, 9.17) is 10.5 Å². The molecule has 28 heavy (non-hydrogen) atoms. The van der Waals surface area contributed by atoms with Crippen molar-refractivity contribution in [2.24, 2.45) is 5.73 Å². The maximum atomic E-state index is 13.7. The molecule has 2 aromatic rings. The van der Waals surface area contributed by atoms with Gasteiger partial charge in [-0.1, -0.05) is 0 Å². The van der Waals surface area contributed by atoms with Crippen molar-refractivity contribution < 1.29 is 23.1 Å². The highest BCUT2D eigenvalue weighted by Gasteiger charge is 2.25. The van der Waals surface area contributed by atoms with Crippen LogP contribution >= 0.6 is 0 Å². The number of hydrogen-bond acceptors (Lipinski definition) is 5. The third-order valence-electron chi connectivity index (χ3n) is 4.57. The summed E-state index contributed by atoms with van der Waals surface area (Å²) < 4.78 is 33.8. The molecule has 9 heteroatoms. The summed E-state index contributed by atoms with van der Waals surface area (Å²) in [6.45, 7) is 3.18. The van der Waals surface area contributed by atoms with Gasteiger partial charge in [0.1, 0.15) is 17.5 Å². The van der Waals surface area contributed by atoms with Gasteiger partial charge in [-0.25, -0.2) is 18.6 Å². The maximum Gasteiger partial charge on any atom is 0.358 e. The Morgan fingerprint density at radius 1 is 1.32 bits per heavy atom. The highest BCUT2D eigenvalue weighted by molar-refractivity contribution is 5.87. The number of fused-ring (bicyclic) bond motifs is 1. The first-order valence-electron chi connectivity index (χ1n) is 9.07. The zero-order valence-electron chi connectivity index (χ0n) is 15.5. The zero-order valence-corrected chi connectivity index (χ0v) is 15.5. The molecule has 3 rings (SSSR count). The summed E-state index contributed by atoms with van der Waals surface area (Å²) in [5.41, 5.74) is 6.34. The molecule has 0 radical (unpaired) electrons. The molecule has 0 aliphatic carbocycles. The second kappa shape index (κ2) is 8.47. The van der Waals surface area contributed by atoms with Crippen LogP contribution in [0.2, 0.25) is 0 Å².